The van der Waals surface area contributed by atoms with Gasteiger partial charge in [-0.3, -0.25) is 9.89 Å². The molecule has 1 amide bonds. The van der Waals surface area contributed by atoms with Crippen molar-refractivity contribution in [3.05, 3.63) is 35.3 Å². The van der Waals surface area contributed by atoms with E-state index in [4.69, 9.17) is 4.74 Å². The smallest absolute Gasteiger partial charge is 0.233 e. The average Bonchev–Trinajstić information content (AvgIpc) is 2.92. The molecule has 2 aromatic heterocycles. The van der Waals surface area contributed by atoms with Gasteiger partial charge in [-0.25, -0.2) is 0 Å². The van der Waals surface area contributed by atoms with Gasteiger partial charge in [-0.05, 0) is 44.7 Å². The predicted molar refractivity (Wildman–Crippen MR) is 88.6 cm³/mol. The molecule has 1 atom stereocenters. The lowest BCUT2D eigenvalue weighted by Crippen LogP contribution is -2.44. The minimum atomic E-state index is -0.0169. The Balaban J connectivity index is 1.53. The Morgan fingerprint density at radius 1 is 1.46 bits per heavy atom. The molecule has 2 aromatic rings. The zero-order chi connectivity index (χ0) is 16.9. The number of carbonyl (C=O) groups excluding carboxylic acids is 1. The molecule has 7 nitrogen and oxygen atoms in total. The molecule has 0 aromatic carbocycles. The number of piperidine rings is 1. The van der Waals surface area contributed by atoms with Crippen LogP contribution in [-0.2, 0) is 11.2 Å². The molecule has 0 spiro atoms. The van der Waals surface area contributed by atoms with Gasteiger partial charge in [-0.1, -0.05) is 0 Å². The van der Waals surface area contributed by atoms with Gasteiger partial charge in [0.2, 0.25) is 11.8 Å². The third-order valence-corrected chi connectivity index (χ3v) is 4.44. The van der Waals surface area contributed by atoms with Crippen molar-refractivity contribution < 1.29 is 9.53 Å². The molecule has 0 bridgehead atoms. The zero-order valence-corrected chi connectivity index (χ0v) is 14.2. The molecule has 1 aliphatic rings. The second-order valence-electron chi connectivity index (χ2n) is 6.20. The quantitative estimate of drug-likeness (QED) is 0.904. The summed E-state index contributed by atoms with van der Waals surface area (Å²) in [5.74, 6) is 0.684. The van der Waals surface area contributed by atoms with Crippen LogP contribution in [0.15, 0.2) is 18.3 Å². The van der Waals surface area contributed by atoms with Gasteiger partial charge in [-0.15, -0.1) is 5.10 Å². The third kappa shape index (κ3) is 3.90. The number of hydrogen-bond acceptors (Lipinski definition) is 5. The molecule has 0 saturated carbocycles. The SMILES string of the molecule is Cc1n[nH]c(C)c1CCC(=O)N1CCC[C@H](Oc2cccnn2)C1. The maximum atomic E-state index is 12.5. The van der Waals surface area contributed by atoms with Crippen molar-refractivity contribution in [2.24, 2.45) is 0 Å². The number of aryl methyl sites for hydroxylation is 2. The van der Waals surface area contributed by atoms with Gasteiger partial charge < -0.3 is 9.64 Å². The van der Waals surface area contributed by atoms with E-state index in [1.165, 1.54) is 0 Å². The Kier molecular flexibility index (Phi) is 5.08. The molecule has 0 unspecified atom stereocenters. The van der Waals surface area contributed by atoms with E-state index >= 15 is 0 Å². The van der Waals surface area contributed by atoms with Crippen molar-refractivity contribution >= 4 is 5.91 Å². The molecule has 128 valence electrons. The molecular formula is C17H23N5O2. The maximum Gasteiger partial charge on any atom is 0.233 e. The van der Waals surface area contributed by atoms with Gasteiger partial charge in [0, 0.05) is 30.9 Å². The monoisotopic (exact) mass is 329 g/mol. The maximum absolute atomic E-state index is 12.5. The van der Waals surface area contributed by atoms with Gasteiger partial charge in [0.1, 0.15) is 6.10 Å². The van der Waals surface area contributed by atoms with E-state index in [-0.39, 0.29) is 12.0 Å². The molecule has 1 aliphatic heterocycles. The average molecular weight is 329 g/mol. The Bertz CT molecular complexity index is 666. The van der Waals surface area contributed by atoms with Crippen molar-refractivity contribution in [3.8, 4) is 5.88 Å². The van der Waals surface area contributed by atoms with E-state index < -0.39 is 0 Å². The molecule has 0 aliphatic carbocycles. The normalized spacial score (nSPS) is 17.8. The van der Waals surface area contributed by atoms with E-state index in [9.17, 15) is 4.79 Å². The first kappa shape index (κ1) is 16.4. The van der Waals surface area contributed by atoms with Gasteiger partial charge >= 0.3 is 0 Å². The van der Waals surface area contributed by atoms with Crippen molar-refractivity contribution in [3.63, 3.8) is 0 Å². The summed E-state index contributed by atoms with van der Waals surface area (Å²) in [7, 11) is 0. The minimum absolute atomic E-state index is 0.0169. The van der Waals surface area contributed by atoms with Crippen LogP contribution in [0.3, 0.4) is 0 Å². The fourth-order valence-electron chi connectivity index (χ4n) is 3.11. The van der Waals surface area contributed by atoms with Crippen LogP contribution in [0.25, 0.3) is 0 Å². The van der Waals surface area contributed by atoms with Gasteiger partial charge in [0.15, 0.2) is 0 Å². The first-order valence-corrected chi connectivity index (χ1v) is 8.36. The minimum Gasteiger partial charge on any atom is -0.471 e. The van der Waals surface area contributed by atoms with E-state index in [1.54, 1.807) is 18.3 Å². The van der Waals surface area contributed by atoms with Gasteiger partial charge in [0.05, 0.1) is 12.2 Å². The fraction of sp³-hybridized carbons (Fsp3) is 0.529. The number of hydrogen-bond donors (Lipinski definition) is 1. The van der Waals surface area contributed by atoms with Gasteiger partial charge in [0.25, 0.3) is 0 Å². The van der Waals surface area contributed by atoms with Crippen LogP contribution < -0.4 is 4.74 Å². The zero-order valence-electron chi connectivity index (χ0n) is 14.2. The topological polar surface area (TPSA) is 84.0 Å². The summed E-state index contributed by atoms with van der Waals surface area (Å²) in [6, 6.07) is 3.59. The summed E-state index contributed by atoms with van der Waals surface area (Å²) >= 11 is 0. The van der Waals surface area contributed by atoms with Crippen molar-refractivity contribution in [1.82, 2.24) is 25.3 Å². The first-order valence-electron chi connectivity index (χ1n) is 8.36. The number of amides is 1. The van der Waals surface area contributed by atoms with Crippen molar-refractivity contribution in [1.29, 1.82) is 0 Å². The van der Waals surface area contributed by atoms with Crippen molar-refractivity contribution in [2.45, 2.75) is 45.6 Å². The molecule has 7 heteroatoms. The van der Waals surface area contributed by atoms with Crippen LogP contribution in [0.4, 0.5) is 0 Å². The number of aromatic amines is 1. The number of rotatable bonds is 5. The predicted octanol–water partition coefficient (Wildman–Crippen LogP) is 1.82. The fourth-order valence-corrected chi connectivity index (χ4v) is 3.11. The molecule has 1 saturated heterocycles. The number of carbonyl (C=O) groups is 1. The molecule has 1 fully saturated rings. The second kappa shape index (κ2) is 7.42. The number of likely N-dealkylation sites (tertiary alicyclic amines) is 1. The molecule has 3 heterocycles. The largest absolute Gasteiger partial charge is 0.471 e. The van der Waals surface area contributed by atoms with E-state index in [0.29, 0.717) is 18.8 Å². The van der Waals surface area contributed by atoms with Crippen LogP contribution in [0.2, 0.25) is 0 Å². The number of ether oxygens (including phenoxy) is 1. The highest BCUT2D eigenvalue weighted by Gasteiger charge is 2.25. The third-order valence-electron chi connectivity index (χ3n) is 4.44. The summed E-state index contributed by atoms with van der Waals surface area (Å²) in [4.78, 5) is 14.4. The summed E-state index contributed by atoms with van der Waals surface area (Å²) in [5, 5.41) is 14.9. The molecule has 0 radical (unpaired) electrons. The van der Waals surface area contributed by atoms with Crippen LogP contribution in [0.5, 0.6) is 5.88 Å². The Morgan fingerprint density at radius 3 is 3.04 bits per heavy atom. The van der Waals surface area contributed by atoms with E-state index in [0.717, 1.165) is 42.8 Å². The highest BCUT2D eigenvalue weighted by Crippen LogP contribution is 2.18. The van der Waals surface area contributed by atoms with Crippen LogP contribution in [0.1, 0.15) is 36.2 Å². The summed E-state index contributed by atoms with van der Waals surface area (Å²) in [6.45, 7) is 5.36. The Morgan fingerprint density at radius 2 is 2.33 bits per heavy atom. The highest BCUT2D eigenvalue weighted by atomic mass is 16.5. The molecule has 1 N–H and O–H groups in total. The summed E-state index contributed by atoms with van der Waals surface area (Å²) < 4.78 is 5.84. The van der Waals surface area contributed by atoms with Crippen LogP contribution in [-0.4, -0.2) is 50.4 Å². The lowest BCUT2D eigenvalue weighted by atomic mass is 10.0. The summed E-state index contributed by atoms with van der Waals surface area (Å²) in [5.41, 5.74) is 3.17. The summed E-state index contributed by atoms with van der Waals surface area (Å²) in [6.07, 6.45) is 4.69. The number of nitrogens with zero attached hydrogens (tertiary/aromatic N) is 4. The Labute approximate surface area is 141 Å². The number of aromatic nitrogens is 4. The second-order valence-corrected chi connectivity index (χ2v) is 6.20. The molecule has 24 heavy (non-hydrogen) atoms. The van der Waals surface area contributed by atoms with Crippen LogP contribution >= 0.6 is 0 Å². The first-order chi connectivity index (χ1) is 11.6. The Hall–Kier alpha value is -2.44. The van der Waals surface area contributed by atoms with E-state index in [2.05, 4.69) is 20.4 Å². The highest BCUT2D eigenvalue weighted by molar-refractivity contribution is 5.76. The van der Waals surface area contributed by atoms with Crippen molar-refractivity contribution in [2.75, 3.05) is 13.1 Å². The molecule has 3 rings (SSSR count). The lowest BCUT2D eigenvalue weighted by molar-refractivity contribution is -0.133. The number of nitrogens with one attached hydrogen (secondary N) is 1. The standard InChI is InChI=1S/C17H23N5O2/c1-12-15(13(2)20-19-12)7-8-17(23)22-10-4-5-14(11-22)24-16-6-3-9-18-21-16/h3,6,9,14H,4-5,7-8,10-11H2,1-2H3,(H,19,20)/t14-/m0/s1. The number of H-pyrrole nitrogens is 1. The van der Waals surface area contributed by atoms with E-state index in [1.807, 2.05) is 18.7 Å². The lowest BCUT2D eigenvalue weighted by Gasteiger charge is -2.32. The van der Waals surface area contributed by atoms with Crippen LogP contribution in [0, 0.1) is 13.8 Å². The molecular weight excluding hydrogens is 306 g/mol. The van der Waals surface area contributed by atoms with Gasteiger partial charge in [-0.2, -0.15) is 10.2 Å².